The van der Waals surface area contributed by atoms with Crippen molar-refractivity contribution in [3.05, 3.63) is 39.9 Å². The number of hydrogen-bond donors (Lipinski definition) is 0. The number of para-hydroxylation sites is 1. The molecule has 0 saturated carbocycles. The first kappa shape index (κ1) is 14.5. The lowest BCUT2D eigenvalue weighted by molar-refractivity contribution is -0.385. The standard InChI is InChI=1S/C15H19N3O2/c1-2-12-7-5-6-10-17(12)15(11-16)13-8-3-4-9-14(13)18(19)20/h3-4,8-9,12,15H,2,5-7,10H2,1H3. The maximum Gasteiger partial charge on any atom is 0.275 e. The summed E-state index contributed by atoms with van der Waals surface area (Å²) in [6, 6.07) is 8.67. The van der Waals surface area contributed by atoms with Gasteiger partial charge in [0.25, 0.3) is 5.69 Å². The molecule has 1 aromatic rings. The van der Waals surface area contributed by atoms with E-state index in [9.17, 15) is 15.4 Å². The first-order valence-corrected chi connectivity index (χ1v) is 7.07. The van der Waals surface area contributed by atoms with Gasteiger partial charge in [0, 0.05) is 18.7 Å². The normalized spacial score (nSPS) is 21.1. The van der Waals surface area contributed by atoms with E-state index in [2.05, 4.69) is 17.9 Å². The lowest BCUT2D eigenvalue weighted by atomic mass is 9.95. The highest BCUT2D eigenvalue weighted by Crippen LogP contribution is 2.33. The Morgan fingerprint density at radius 3 is 2.90 bits per heavy atom. The van der Waals surface area contributed by atoms with Crippen LogP contribution in [0.3, 0.4) is 0 Å². The molecule has 2 unspecified atom stereocenters. The van der Waals surface area contributed by atoms with Crippen molar-refractivity contribution in [2.24, 2.45) is 0 Å². The zero-order valence-corrected chi connectivity index (χ0v) is 11.7. The molecule has 1 saturated heterocycles. The van der Waals surface area contributed by atoms with Crippen molar-refractivity contribution in [2.75, 3.05) is 6.54 Å². The summed E-state index contributed by atoms with van der Waals surface area (Å²) in [6.45, 7) is 2.94. The predicted molar refractivity (Wildman–Crippen MR) is 76.1 cm³/mol. The van der Waals surface area contributed by atoms with E-state index >= 15 is 0 Å². The molecule has 2 rings (SSSR count). The van der Waals surface area contributed by atoms with Crippen molar-refractivity contribution in [1.82, 2.24) is 4.90 Å². The van der Waals surface area contributed by atoms with Crippen LogP contribution in [-0.4, -0.2) is 22.4 Å². The molecule has 0 radical (unpaired) electrons. The minimum absolute atomic E-state index is 0.0412. The molecule has 2 atom stereocenters. The van der Waals surface area contributed by atoms with Crippen LogP contribution in [0.15, 0.2) is 24.3 Å². The number of benzene rings is 1. The van der Waals surface area contributed by atoms with Crippen molar-refractivity contribution < 1.29 is 4.92 Å². The number of nitro groups is 1. The summed E-state index contributed by atoms with van der Waals surface area (Å²) in [7, 11) is 0. The second-order valence-electron chi connectivity index (χ2n) is 5.14. The molecule has 0 spiro atoms. The minimum atomic E-state index is -0.526. The number of nitro benzene ring substituents is 1. The van der Waals surface area contributed by atoms with Crippen LogP contribution in [0.2, 0.25) is 0 Å². The van der Waals surface area contributed by atoms with Gasteiger partial charge in [-0.15, -0.1) is 0 Å². The summed E-state index contributed by atoms with van der Waals surface area (Å²) in [6.07, 6.45) is 4.26. The summed E-state index contributed by atoms with van der Waals surface area (Å²) in [5.74, 6) is 0. The fourth-order valence-electron chi connectivity index (χ4n) is 3.01. The SMILES string of the molecule is CCC1CCCCN1C(C#N)c1ccccc1[N+](=O)[O-]. The fraction of sp³-hybridized carbons (Fsp3) is 0.533. The molecule has 0 bridgehead atoms. The summed E-state index contributed by atoms with van der Waals surface area (Å²) in [5, 5.41) is 20.7. The van der Waals surface area contributed by atoms with Crippen LogP contribution in [0, 0.1) is 21.4 Å². The third-order valence-electron chi connectivity index (χ3n) is 4.03. The van der Waals surface area contributed by atoms with Crippen LogP contribution in [0.25, 0.3) is 0 Å². The Morgan fingerprint density at radius 2 is 2.25 bits per heavy atom. The number of piperidine rings is 1. The number of hydrogen-bond acceptors (Lipinski definition) is 4. The van der Waals surface area contributed by atoms with Gasteiger partial charge >= 0.3 is 0 Å². The molecule has 1 aliphatic heterocycles. The van der Waals surface area contributed by atoms with Gasteiger partial charge in [-0.1, -0.05) is 25.5 Å². The van der Waals surface area contributed by atoms with E-state index in [4.69, 9.17) is 0 Å². The second-order valence-corrected chi connectivity index (χ2v) is 5.14. The Hall–Kier alpha value is -1.93. The van der Waals surface area contributed by atoms with Crippen LogP contribution in [-0.2, 0) is 0 Å². The van der Waals surface area contributed by atoms with Gasteiger partial charge in [-0.25, -0.2) is 0 Å². The second kappa shape index (κ2) is 6.49. The predicted octanol–water partition coefficient (Wildman–Crippen LogP) is 3.42. The number of likely N-dealkylation sites (tertiary alicyclic amines) is 1. The highest BCUT2D eigenvalue weighted by molar-refractivity contribution is 5.44. The Kier molecular flexibility index (Phi) is 4.70. The van der Waals surface area contributed by atoms with Crippen molar-refractivity contribution in [2.45, 2.75) is 44.7 Å². The lowest BCUT2D eigenvalue weighted by Gasteiger charge is -2.38. The van der Waals surface area contributed by atoms with Crippen molar-refractivity contribution in [3.8, 4) is 6.07 Å². The van der Waals surface area contributed by atoms with Gasteiger partial charge in [-0.2, -0.15) is 5.26 Å². The molecule has 5 heteroatoms. The number of rotatable bonds is 4. The highest BCUT2D eigenvalue weighted by atomic mass is 16.6. The molecule has 5 nitrogen and oxygen atoms in total. The van der Waals surface area contributed by atoms with E-state index in [1.165, 1.54) is 12.5 Å². The zero-order valence-electron chi connectivity index (χ0n) is 11.7. The Balaban J connectivity index is 2.37. The van der Waals surface area contributed by atoms with Gasteiger partial charge in [-0.3, -0.25) is 15.0 Å². The molecule has 1 heterocycles. The smallest absolute Gasteiger partial charge is 0.275 e. The summed E-state index contributed by atoms with van der Waals surface area (Å²) >= 11 is 0. The molecule has 0 aliphatic carbocycles. The first-order chi connectivity index (χ1) is 9.69. The molecule has 0 N–H and O–H groups in total. The first-order valence-electron chi connectivity index (χ1n) is 7.07. The van der Waals surface area contributed by atoms with E-state index in [1.807, 2.05) is 0 Å². The largest absolute Gasteiger partial charge is 0.281 e. The van der Waals surface area contributed by atoms with Gasteiger partial charge in [0.15, 0.2) is 0 Å². The highest BCUT2D eigenvalue weighted by Gasteiger charge is 2.32. The van der Waals surface area contributed by atoms with Crippen molar-refractivity contribution >= 4 is 5.69 Å². The van der Waals surface area contributed by atoms with Crippen LogP contribution in [0.5, 0.6) is 0 Å². The van der Waals surface area contributed by atoms with Crippen molar-refractivity contribution in [3.63, 3.8) is 0 Å². The number of nitriles is 1. The van der Waals surface area contributed by atoms with Crippen molar-refractivity contribution in [1.29, 1.82) is 5.26 Å². The third-order valence-corrected chi connectivity index (χ3v) is 4.03. The quantitative estimate of drug-likeness (QED) is 0.622. The van der Waals surface area contributed by atoms with Crippen LogP contribution in [0.1, 0.15) is 44.2 Å². The Bertz CT molecular complexity index is 524. The van der Waals surface area contributed by atoms with E-state index in [0.29, 0.717) is 11.6 Å². The molecular formula is C15H19N3O2. The van der Waals surface area contributed by atoms with Crippen LogP contribution < -0.4 is 0 Å². The van der Waals surface area contributed by atoms with E-state index in [0.717, 1.165) is 25.8 Å². The maximum atomic E-state index is 11.2. The average molecular weight is 273 g/mol. The minimum Gasteiger partial charge on any atom is -0.281 e. The van der Waals surface area contributed by atoms with E-state index in [-0.39, 0.29) is 5.69 Å². The molecule has 1 aromatic carbocycles. The fourth-order valence-corrected chi connectivity index (χ4v) is 3.01. The molecule has 106 valence electrons. The molecule has 1 aliphatic rings. The Labute approximate surface area is 119 Å². The Morgan fingerprint density at radius 1 is 1.50 bits per heavy atom. The zero-order chi connectivity index (χ0) is 14.5. The number of nitrogens with zero attached hydrogens (tertiary/aromatic N) is 3. The summed E-state index contributed by atoms with van der Waals surface area (Å²) in [4.78, 5) is 12.9. The molecule has 0 aromatic heterocycles. The van der Waals surface area contributed by atoms with Crippen LogP contribution >= 0.6 is 0 Å². The monoisotopic (exact) mass is 273 g/mol. The van der Waals surface area contributed by atoms with E-state index in [1.54, 1.807) is 18.2 Å². The van der Waals surface area contributed by atoms with Gasteiger partial charge in [0.2, 0.25) is 0 Å². The topological polar surface area (TPSA) is 70.2 Å². The third kappa shape index (κ3) is 2.81. The van der Waals surface area contributed by atoms with Gasteiger partial charge < -0.3 is 0 Å². The molecule has 20 heavy (non-hydrogen) atoms. The van der Waals surface area contributed by atoms with Gasteiger partial charge in [-0.05, 0) is 25.3 Å². The molecular weight excluding hydrogens is 254 g/mol. The van der Waals surface area contributed by atoms with E-state index < -0.39 is 11.0 Å². The summed E-state index contributed by atoms with van der Waals surface area (Å²) < 4.78 is 0. The maximum absolute atomic E-state index is 11.2. The van der Waals surface area contributed by atoms with Gasteiger partial charge in [0.1, 0.15) is 6.04 Å². The van der Waals surface area contributed by atoms with Crippen LogP contribution in [0.4, 0.5) is 5.69 Å². The molecule has 1 fully saturated rings. The summed E-state index contributed by atoms with van der Waals surface area (Å²) in [5.41, 5.74) is 0.555. The lowest BCUT2D eigenvalue weighted by Crippen LogP contribution is -2.41. The average Bonchev–Trinajstić information content (AvgIpc) is 2.49. The molecule has 0 amide bonds. The van der Waals surface area contributed by atoms with Gasteiger partial charge in [0.05, 0.1) is 16.6 Å².